The number of rotatable bonds is 13. The van der Waals surface area contributed by atoms with E-state index >= 15 is 0 Å². The van der Waals surface area contributed by atoms with Crippen LogP contribution in [0.4, 0.5) is 0 Å². The van der Waals surface area contributed by atoms with Crippen molar-refractivity contribution in [3.05, 3.63) is 88.7 Å². The zero-order valence-corrected chi connectivity index (χ0v) is 23.0. The molecule has 0 aliphatic heterocycles. The van der Waals surface area contributed by atoms with Gasteiger partial charge in [0.1, 0.15) is 23.9 Å². The molecular weight excluding hydrogens is 474 g/mol. The molecule has 4 aromatic rings. The van der Waals surface area contributed by atoms with Crippen molar-refractivity contribution in [1.82, 2.24) is 14.9 Å². The summed E-state index contributed by atoms with van der Waals surface area (Å²) in [5, 5.41) is 2.97. The summed E-state index contributed by atoms with van der Waals surface area (Å²) in [6, 6.07) is 20.6. The summed E-state index contributed by atoms with van der Waals surface area (Å²) in [6.45, 7) is 10.2. The standard InChI is InChI=1S/C32H39N3O3/c1-23-13-15-25(3)29(20-23)37-19-18-35-28-11-8-7-10-27(28)34-31(35)12-6-5-9-17-33-32(36)22-38-30-21-24(2)14-16-26(30)4/h7-8,10-11,13-16,20-21H,5-6,9,12,17-19,22H2,1-4H3,(H,33,36). The minimum atomic E-state index is -0.0865. The van der Waals surface area contributed by atoms with Crippen molar-refractivity contribution in [2.45, 2.75) is 59.9 Å². The molecule has 6 nitrogen and oxygen atoms in total. The molecule has 0 saturated heterocycles. The van der Waals surface area contributed by atoms with Crippen LogP contribution in [-0.4, -0.2) is 35.2 Å². The summed E-state index contributed by atoms with van der Waals surface area (Å²) in [4.78, 5) is 17.1. The molecule has 0 fully saturated rings. The molecule has 38 heavy (non-hydrogen) atoms. The van der Waals surface area contributed by atoms with Gasteiger partial charge in [-0.1, -0.05) is 42.8 Å². The number of aromatic nitrogens is 2. The van der Waals surface area contributed by atoms with Gasteiger partial charge in [-0.15, -0.1) is 0 Å². The van der Waals surface area contributed by atoms with Gasteiger partial charge in [-0.3, -0.25) is 4.79 Å². The molecule has 1 N–H and O–H groups in total. The lowest BCUT2D eigenvalue weighted by molar-refractivity contribution is -0.123. The largest absolute Gasteiger partial charge is 0.491 e. The van der Waals surface area contributed by atoms with Crippen LogP contribution in [0.15, 0.2) is 60.7 Å². The van der Waals surface area contributed by atoms with Crippen LogP contribution in [0.25, 0.3) is 11.0 Å². The number of carbonyl (C=O) groups excluding carboxylic acids is 1. The molecule has 200 valence electrons. The van der Waals surface area contributed by atoms with E-state index in [1.807, 2.05) is 38.1 Å². The van der Waals surface area contributed by atoms with Crippen LogP contribution in [0.5, 0.6) is 11.5 Å². The highest BCUT2D eigenvalue weighted by Gasteiger charge is 2.11. The number of hydrogen-bond acceptors (Lipinski definition) is 4. The van der Waals surface area contributed by atoms with Crippen LogP contribution < -0.4 is 14.8 Å². The Hall–Kier alpha value is -3.80. The Bertz CT molecular complexity index is 1380. The van der Waals surface area contributed by atoms with Gasteiger partial charge in [0.25, 0.3) is 5.91 Å². The van der Waals surface area contributed by atoms with E-state index < -0.39 is 0 Å². The number of nitrogens with zero attached hydrogens (tertiary/aromatic N) is 2. The topological polar surface area (TPSA) is 65.4 Å². The number of aryl methyl sites for hydroxylation is 5. The number of nitrogens with one attached hydrogen (secondary N) is 1. The first-order valence-electron chi connectivity index (χ1n) is 13.5. The average molecular weight is 514 g/mol. The fourth-order valence-electron chi connectivity index (χ4n) is 4.55. The van der Waals surface area contributed by atoms with E-state index in [0.29, 0.717) is 13.2 Å². The Morgan fingerprint density at radius 3 is 2.26 bits per heavy atom. The van der Waals surface area contributed by atoms with Gasteiger partial charge in [-0.2, -0.15) is 0 Å². The van der Waals surface area contributed by atoms with Crippen molar-refractivity contribution in [1.29, 1.82) is 0 Å². The maximum atomic E-state index is 12.2. The number of benzene rings is 3. The first-order chi connectivity index (χ1) is 18.4. The summed E-state index contributed by atoms with van der Waals surface area (Å²) in [6.07, 6.45) is 3.84. The fourth-order valence-corrected chi connectivity index (χ4v) is 4.55. The molecular formula is C32H39N3O3. The Morgan fingerprint density at radius 2 is 1.53 bits per heavy atom. The van der Waals surface area contributed by atoms with Crippen molar-refractivity contribution >= 4 is 16.9 Å². The third-order valence-corrected chi connectivity index (χ3v) is 6.75. The molecule has 4 rings (SSSR count). The van der Waals surface area contributed by atoms with Crippen molar-refractivity contribution in [2.75, 3.05) is 19.8 Å². The second-order valence-corrected chi connectivity index (χ2v) is 10.0. The zero-order valence-electron chi connectivity index (χ0n) is 23.0. The molecule has 1 amide bonds. The number of hydrogen-bond donors (Lipinski definition) is 1. The van der Waals surface area contributed by atoms with E-state index in [-0.39, 0.29) is 12.5 Å². The van der Waals surface area contributed by atoms with Crippen molar-refractivity contribution < 1.29 is 14.3 Å². The normalized spacial score (nSPS) is 11.1. The first kappa shape index (κ1) is 27.2. The van der Waals surface area contributed by atoms with Crippen molar-refractivity contribution in [3.63, 3.8) is 0 Å². The third-order valence-electron chi connectivity index (χ3n) is 6.75. The van der Waals surface area contributed by atoms with Gasteiger partial charge in [-0.25, -0.2) is 4.98 Å². The van der Waals surface area contributed by atoms with Gasteiger partial charge in [0, 0.05) is 13.0 Å². The van der Waals surface area contributed by atoms with E-state index in [1.54, 1.807) is 0 Å². The molecule has 1 heterocycles. The number of ether oxygens (including phenoxy) is 2. The molecule has 0 aliphatic carbocycles. The summed E-state index contributed by atoms with van der Waals surface area (Å²) in [5.41, 5.74) is 6.66. The van der Waals surface area contributed by atoms with Crippen LogP contribution in [0.3, 0.4) is 0 Å². The molecule has 0 spiro atoms. The predicted octanol–water partition coefficient (Wildman–Crippen LogP) is 6.26. The van der Waals surface area contributed by atoms with Gasteiger partial charge < -0.3 is 19.4 Å². The maximum absolute atomic E-state index is 12.2. The average Bonchev–Trinajstić information content (AvgIpc) is 3.26. The van der Waals surface area contributed by atoms with Gasteiger partial charge in [0.15, 0.2) is 6.61 Å². The molecule has 6 heteroatoms. The monoisotopic (exact) mass is 513 g/mol. The maximum Gasteiger partial charge on any atom is 0.257 e. The Labute approximate surface area is 226 Å². The number of fused-ring (bicyclic) bond motifs is 1. The molecule has 0 aliphatic rings. The van der Waals surface area contributed by atoms with E-state index in [2.05, 4.69) is 60.1 Å². The quantitative estimate of drug-likeness (QED) is 0.214. The molecule has 0 atom stereocenters. The highest BCUT2D eigenvalue weighted by molar-refractivity contribution is 5.77. The SMILES string of the molecule is Cc1ccc(C)c(OCCn2c(CCCCCNC(=O)COc3cc(C)ccc3C)nc3ccccc32)c1. The fraction of sp³-hybridized carbons (Fsp3) is 0.375. The zero-order chi connectivity index (χ0) is 26.9. The lowest BCUT2D eigenvalue weighted by atomic mass is 10.1. The summed E-state index contributed by atoms with van der Waals surface area (Å²) >= 11 is 0. The van der Waals surface area contributed by atoms with E-state index in [4.69, 9.17) is 14.5 Å². The number of para-hydroxylation sites is 2. The lowest BCUT2D eigenvalue weighted by Gasteiger charge is -2.13. The lowest BCUT2D eigenvalue weighted by Crippen LogP contribution is -2.29. The summed E-state index contributed by atoms with van der Waals surface area (Å²) in [5.74, 6) is 2.71. The molecule has 1 aromatic heterocycles. The summed E-state index contributed by atoms with van der Waals surface area (Å²) < 4.78 is 14.1. The van der Waals surface area contributed by atoms with Gasteiger partial charge in [0.2, 0.25) is 0 Å². The Morgan fingerprint density at radius 1 is 0.842 bits per heavy atom. The Kier molecular flexibility index (Phi) is 9.41. The third kappa shape index (κ3) is 7.37. The van der Waals surface area contributed by atoms with Gasteiger partial charge >= 0.3 is 0 Å². The van der Waals surface area contributed by atoms with Crippen LogP contribution in [0, 0.1) is 27.7 Å². The molecule has 0 unspecified atom stereocenters. The van der Waals surface area contributed by atoms with E-state index in [9.17, 15) is 4.79 Å². The molecule has 3 aromatic carbocycles. The number of imidazole rings is 1. The molecule has 0 bridgehead atoms. The first-order valence-corrected chi connectivity index (χ1v) is 13.5. The van der Waals surface area contributed by atoms with Crippen LogP contribution in [0.2, 0.25) is 0 Å². The van der Waals surface area contributed by atoms with Crippen LogP contribution in [0.1, 0.15) is 47.3 Å². The van der Waals surface area contributed by atoms with Crippen molar-refractivity contribution in [3.8, 4) is 11.5 Å². The van der Waals surface area contributed by atoms with Crippen LogP contribution >= 0.6 is 0 Å². The van der Waals surface area contributed by atoms with E-state index in [1.165, 1.54) is 5.56 Å². The second-order valence-electron chi connectivity index (χ2n) is 10.0. The smallest absolute Gasteiger partial charge is 0.257 e. The number of carbonyl (C=O) groups is 1. The molecule has 0 radical (unpaired) electrons. The number of unbranched alkanes of at least 4 members (excludes halogenated alkanes) is 2. The Balaban J connectivity index is 1.22. The van der Waals surface area contributed by atoms with Crippen molar-refractivity contribution in [2.24, 2.45) is 0 Å². The number of amides is 1. The van der Waals surface area contributed by atoms with Crippen LogP contribution in [-0.2, 0) is 17.8 Å². The van der Waals surface area contributed by atoms with E-state index in [0.717, 1.165) is 77.3 Å². The highest BCUT2D eigenvalue weighted by Crippen LogP contribution is 2.21. The molecule has 0 saturated carbocycles. The highest BCUT2D eigenvalue weighted by atomic mass is 16.5. The minimum Gasteiger partial charge on any atom is -0.491 e. The predicted molar refractivity (Wildman–Crippen MR) is 153 cm³/mol. The van der Waals surface area contributed by atoms with Gasteiger partial charge in [0.05, 0.1) is 17.6 Å². The summed E-state index contributed by atoms with van der Waals surface area (Å²) in [7, 11) is 0. The second kappa shape index (κ2) is 13.1. The minimum absolute atomic E-state index is 0.0401. The van der Waals surface area contributed by atoms with Gasteiger partial charge in [-0.05, 0) is 87.1 Å².